The highest BCUT2D eigenvalue weighted by atomic mass is 16.2. The van der Waals surface area contributed by atoms with Gasteiger partial charge in [0.2, 0.25) is 11.8 Å². The summed E-state index contributed by atoms with van der Waals surface area (Å²) in [7, 11) is 0. The molecule has 2 amide bonds. The van der Waals surface area contributed by atoms with E-state index < -0.39 is 0 Å². The number of unbranched alkanes of at least 4 members (excludes halogenated alkanes) is 9. The maximum absolute atomic E-state index is 11.6. The molecule has 0 saturated carbocycles. The monoisotopic (exact) mass is 323 g/mol. The van der Waals surface area contributed by atoms with Crippen LogP contribution in [0.1, 0.15) is 104 Å². The third-order valence-electron chi connectivity index (χ3n) is 5.23. The molecule has 1 aliphatic rings. The van der Waals surface area contributed by atoms with E-state index in [2.05, 4.69) is 19.2 Å². The molecule has 0 bridgehead atoms. The molecule has 1 fully saturated rings. The highest BCUT2D eigenvalue weighted by molar-refractivity contribution is 6.03. The number of carbonyl (C=O) groups is 2. The molecule has 0 aliphatic carbocycles. The minimum absolute atomic E-state index is 0.0449. The van der Waals surface area contributed by atoms with Gasteiger partial charge in [-0.2, -0.15) is 0 Å². The molecule has 1 saturated heterocycles. The zero-order chi connectivity index (χ0) is 16.9. The van der Waals surface area contributed by atoms with Crippen LogP contribution in [0.15, 0.2) is 0 Å². The predicted molar refractivity (Wildman–Crippen MR) is 96.1 cm³/mol. The van der Waals surface area contributed by atoms with E-state index in [4.69, 9.17) is 0 Å². The largest absolute Gasteiger partial charge is 0.296 e. The van der Waals surface area contributed by atoms with Gasteiger partial charge in [0.25, 0.3) is 0 Å². The minimum Gasteiger partial charge on any atom is -0.296 e. The summed E-state index contributed by atoms with van der Waals surface area (Å²) in [5, 5.41) is 2.43. The van der Waals surface area contributed by atoms with Crippen LogP contribution in [-0.2, 0) is 9.59 Å². The second kappa shape index (κ2) is 12.5. The van der Waals surface area contributed by atoms with Gasteiger partial charge in [0, 0.05) is 12.3 Å². The summed E-state index contributed by atoms with van der Waals surface area (Å²) in [5.74, 6) is 0.409. The molecule has 0 radical (unpaired) electrons. The number of carbonyl (C=O) groups excluding carboxylic acids is 2. The lowest BCUT2D eigenvalue weighted by molar-refractivity contribution is -0.126. The zero-order valence-corrected chi connectivity index (χ0v) is 15.4. The lowest BCUT2D eigenvalue weighted by Gasteiger charge is -2.17. The summed E-state index contributed by atoms with van der Waals surface area (Å²) in [5.41, 5.74) is 0. The summed E-state index contributed by atoms with van der Waals surface area (Å²) in [6.07, 6.45) is 17.3. The Morgan fingerprint density at radius 2 is 1.48 bits per heavy atom. The van der Waals surface area contributed by atoms with Gasteiger partial charge in [-0.25, -0.2) is 0 Å². The zero-order valence-electron chi connectivity index (χ0n) is 15.4. The van der Waals surface area contributed by atoms with Gasteiger partial charge >= 0.3 is 0 Å². The van der Waals surface area contributed by atoms with E-state index >= 15 is 0 Å². The molecule has 3 nitrogen and oxygen atoms in total. The lowest BCUT2D eigenvalue weighted by atomic mass is 9.87. The molecule has 1 rings (SSSR count). The van der Waals surface area contributed by atoms with E-state index in [1.807, 2.05) is 0 Å². The maximum Gasteiger partial charge on any atom is 0.230 e. The van der Waals surface area contributed by atoms with Crippen molar-refractivity contribution in [3.63, 3.8) is 0 Å². The van der Waals surface area contributed by atoms with E-state index in [0.717, 1.165) is 12.8 Å². The van der Waals surface area contributed by atoms with E-state index in [1.165, 1.54) is 70.6 Å². The van der Waals surface area contributed by atoms with Crippen LogP contribution in [0.4, 0.5) is 0 Å². The van der Waals surface area contributed by atoms with Crippen LogP contribution in [0.25, 0.3) is 0 Å². The number of hydrogen-bond acceptors (Lipinski definition) is 2. The molecule has 3 heteroatoms. The highest BCUT2D eigenvalue weighted by Gasteiger charge is 2.31. The molecule has 134 valence electrons. The smallest absolute Gasteiger partial charge is 0.230 e. The Balaban J connectivity index is 1.98. The first kappa shape index (κ1) is 20.2. The Bertz CT molecular complexity index is 341. The van der Waals surface area contributed by atoms with Crippen LogP contribution in [-0.4, -0.2) is 11.8 Å². The van der Waals surface area contributed by atoms with Gasteiger partial charge in [0.1, 0.15) is 0 Å². The van der Waals surface area contributed by atoms with Crippen molar-refractivity contribution in [2.45, 2.75) is 104 Å². The molecule has 1 heterocycles. The number of hydrogen-bond donors (Lipinski definition) is 1. The third-order valence-corrected chi connectivity index (χ3v) is 5.23. The van der Waals surface area contributed by atoms with Crippen LogP contribution in [0, 0.1) is 11.8 Å². The predicted octanol–water partition coefficient (Wildman–Crippen LogP) is 5.38. The van der Waals surface area contributed by atoms with Gasteiger partial charge in [0.15, 0.2) is 0 Å². The fraction of sp³-hybridized carbons (Fsp3) is 0.900. The molecule has 0 aromatic heterocycles. The van der Waals surface area contributed by atoms with Gasteiger partial charge < -0.3 is 0 Å². The van der Waals surface area contributed by atoms with Gasteiger partial charge in [0.05, 0.1) is 0 Å². The topological polar surface area (TPSA) is 46.2 Å². The first-order valence-corrected chi connectivity index (χ1v) is 10.0. The van der Waals surface area contributed by atoms with Crippen LogP contribution in [0.3, 0.4) is 0 Å². The Hall–Kier alpha value is -0.860. The summed E-state index contributed by atoms with van der Waals surface area (Å²) in [6.45, 7) is 4.47. The Kier molecular flexibility index (Phi) is 11.0. The molecule has 0 spiro atoms. The molecular weight excluding hydrogens is 286 g/mol. The molecule has 23 heavy (non-hydrogen) atoms. The van der Waals surface area contributed by atoms with Gasteiger partial charge in [-0.05, 0) is 12.3 Å². The summed E-state index contributed by atoms with van der Waals surface area (Å²) < 4.78 is 0. The van der Waals surface area contributed by atoms with E-state index in [-0.39, 0.29) is 17.7 Å². The lowest BCUT2D eigenvalue weighted by Crippen LogP contribution is -2.23. The van der Waals surface area contributed by atoms with Gasteiger partial charge in [-0.3, -0.25) is 14.9 Å². The Morgan fingerprint density at radius 1 is 0.913 bits per heavy atom. The van der Waals surface area contributed by atoms with Gasteiger partial charge in [-0.1, -0.05) is 90.9 Å². The normalized spacial score (nSPS) is 19.1. The minimum atomic E-state index is -0.0891. The maximum atomic E-state index is 11.6. The Labute approximate surface area is 143 Å². The van der Waals surface area contributed by atoms with Crippen molar-refractivity contribution in [1.82, 2.24) is 5.32 Å². The summed E-state index contributed by atoms with van der Waals surface area (Å²) in [6, 6.07) is 0. The van der Waals surface area contributed by atoms with Crippen molar-refractivity contribution < 1.29 is 9.59 Å². The molecule has 1 aliphatic heterocycles. The molecule has 0 aromatic carbocycles. The summed E-state index contributed by atoms with van der Waals surface area (Å²) >= 11 is 0. The van der Waals surface area contributed by atoms with E-state index in [1.54, 1.807) is 0 Å². The van der Waals surface area contributed by atoms with Crippen molar-refractivity contribution in [3.8, 4) is 0 Å². The average Bonchev–Trinajstić information content (AvgIpc) is 2.85. The van der Waals surface area contributed by atoms with Crippen molar-refractivity contribution >= 4 is 11.8 Å². The number of imide groups is 1. The second-order valence-electron chi connectivity index (χ2n) is 7.29. The van der Waals surface area contributed by atoms with Crippen molar-refractivity contribution in [3.05, 3.63) is 0 Å². The molecule has 2 unspecified atom stereocenters. The number of amides is 2. The van der Waals surface area contributed by atoms with Crippen molar-refractivity contribution in [1.29, 1.82) is 0 Å². The summed E-state index contributed by atoms with van der Waals surface area (Å²) in [4.78, 5) is 22.9. The van der Waals surface area contributed by atoms with E-state index in [0.29, 0.717) is 12.3 Å². The standard InChI is InChI=1S/C20H37NO2/c1-3-5-6-7-8-9-10-11-12-13-14-17(4-2)15-18-16-19(22)21-20(18)23/h17-18H,3-16H2,1-2H3,(H,21,22,23). The average molecular weight is 324 g/mol. The highest BCUT2D eigenvalue weighted by Crippen LogP contribution is 2.26. The molecular formula is C20H37NO2. The van der Waals surface area contributed by atoms with Crippen LogP contribution >= 0.6 is 0 Å². The fourth-order valence-corrected chi connectivity index (χ4v) is 3.61. The molecule has 1 N–H and O–H groups in total. The van der Waals surface area contributed by atoms with E-state index in [9.17, 15) is 9.59 Å². The first-order chi connectivity index (χ1) is 11.2. The van der Waals surface area contributed by atoms with Crippen LogP contribution < -0.4 is 5.32 Å². The second-order valence-corrected chi connectivity index (χ2v) is 7.29. The van der Waals surface area contributed by atoms with Crippen LogP contribution in [0.5, 0.6) is 0 Å². The van der Waals surface area contributed by atoms with Crippen molar-refractivity contribution in [2.75, 3.05) is 0 Å². The number of nitrogens with one attached hydrogen (secondary N) is 1. The van der Waals surface area contributed by atoms with Crippen molar-refractivity contribution in [2.24, 2.45) is 11.8 Å². The Morgan fingerprint density at radius 3 is 1.96 bits per heavy atom. The molecule has 0 aromatic rings. The van der Waals surface area contributed by atoms with Crippen LogP contribution in [0.2, 0.25) is 0 Å². The fourth-order valence-electron chi connectivity index (χ4n) is 3.61. The third kappa shape index (κ3) is 9.12. The SMILES string of the molecule is CCCCCCCCCCCCC(CC)CC1CC(=O)NC1=O. The quantitative estimate of drug-likeness (QED) is 0.345. The first-order valence-electron chi connectivity index (χ1n) is 10.0. The molecule has 2 atom stereocenters. The number of rotatable bonds is 14. The van der Waals surface area contributed by atoms with Gasteiger partial charge in [-0.15, -0.1) is 0 Å².